The molecule has 0 unspecified atom stereocenters. The predicted molar refractivity (Wildman–Crippen MR) is 137 cm³/mol. The first-order chi connectivity index (χ1) is 16.1. The SMILES string of the molecule is COC(=O)Cc1c(C)c2c3c(cc(C)n3CCN2CCO)c1-c1ccc(C)cc1OC(C)(C)C. The number of methoxy groups -OCH3 is 1. The zero-order valence-electron chi connectivity index (χ0n) is 21.4. The summed E-state index contributed by atoms with van der Waals surface area (Å²) in [5.41, 5.74) is 8.16. The largest absolute Gasteiger partial charge is 0.487 e. The number of hydrogen-bond acceptors (Lipinski definition) is 5. The Morgan fingerprint density at radius 1 is 1.12 bits per heavy atom. The first-order valence-corrected chi connectivity index (χ1v) is 11.9. The summed E-state index contributed by atoms with van der Waals surface area (Å²) in [6.07, 6.45) is 0.167. The van der Waals surface area contributed by atoms with E-state index in [1.807, 2.05) is 20.8 Å². The molecule has 0 spiro atoms. The number of aliphatic hydroxyl groups is 1. The highest BCUT2D eigenvalue weighted by Gasteiger charge is 2.30. The lowest BCUT2D eigenvalue weighted by atomic mass is 9.87. The Morgan fingerprint density at radius 2 is 1.85 bits per heavy atom. The van der Waals surface area contributed by atoms with Crippen molar-refractivity contribution in [2.24, 2.45) is 0 Å². The van der Waals surface area contributed by atoms with Crippen molar-refractivity contribution in [3.63, 3.8) is 0 Å². The van der Waals surface area contributed by atoms with Crippen molar-refractivity contribution in [2.45, 2.75) is 60.1 Å². The molecule has 0 atom stereocenters. The van der Waals surface area contributed by atoms with Crippen molar-refractivity contribution in [3.05, 3.63) is 46.6 Å². The van der Waals surface area contributed by atoms with E-state index in [4.69, 9.17) is 9.47 Å². The van der Waals surface area contributed by atoms with Crippen molar-refractivity contribution in [3.8, 4) is 16.9 Å². The van der Waals surface area contributed by atoms with Crippen LogP contribution in [0.25, 0.3) is 22.0 Å². The number of aliphatic hydroxyl groups excluding tert-OH is 1. The van der Waals surface area contributed by atoms with E-state index in [0.717, 1.165) is 63.2 Å². The lowest BCUT2D eigenvalue weighted by Crippen LogP contribution is -2.35. The van der Waals surface area contributed by atoms with E-state index in [2.05, 4.69) is 54.5 Å². The number of aryl methyl sites for hydroxylation is 2. The number of anilines is 1. The van der Waals surface area contributed by atoms with Crippen molar-refractivity contribution < 1.29 is 19.4 Å². The number of aromatic nitrogens is 1. The number of β-amino-alcohol motifs (C(OH)–C–C–N with tert-alkyl or cyclic N) is 1. The smallest absolute Gasteiger partial charge is 0.310 e. The van der Waals surface area contributed by atoms with E-state index in [1.165, 1.54) is 12.8 Å². The Hall–Kier alpha value is -2.99. The second kappa shape index (κ2) is 8.99. The number of benzene rings is 2. The van der Waals surface area contributed by atoms with Crippen LogP contribution < -0.4 is 9.64 Å². The fourth-order valence-electron chi connectivity index (χ4n) is 5.14. The van der Waals surface area contributed by atoms with Gasteiger partial charge in [0.2, 0.25) is 0 Å². The fourth-order valence-corrected chi connectivity index (χ4v) is 5.14. The molecule has 3 aromatic rings. The minimum atomic E-state index is -0.371. The molecule has 1 aliphatic heterocycles. The van der Waals surface area contributed by atoms with Crippen LogP contribution in [0.1, 0.15) is 43.2 Å². The number of esters is 1. The molecule has 1 aliphatic rings. The van der Waals surface area contributed by atoms with Crippen molar-refractivity contribution in [1.29, 1.82) is 0 Å². The molecule has 0 bridgehead atoms. The number of hydrogen-bond donors (Lipinski definition) is 1. The van der Waals surface area contributed by atoms with Crippen LogP contribution in [-0.4, -0.2) is 48.1 Å². The zero-order valence-corrected chi connectivity index (χ0v) is 21.4. The van der Waals surface area contributed by atoms with Gasteiger partial charge in [0.15, 0.2) is 0 Å². The molecular weight excluding hydrogens is 428 g/mol. The number of nitrogens with zero attached hydrogens (tertiary/aromatic N) is 2. The van der Waals surface area contributed by atoms with Gasteiger partial charge in [0.05, 0.1) is 31.3 Å². The molecule has 6 heteroatoms. The van der Waals surface area contributed by atoms with Gasteiger partial charge in [0.25, 0.3) is 0 Å². The highest BCUT2D eigenvalue weighted by molar-refractivity contribution is 6.08. The summed E-state index contributed by atoms with van der Waals surface area (Å²) < 4.78 is 13.9. The van der Waals surface area contributed by atoms with E-state index in [9.17, 15) is 9.90 Å². The minimum Gasteiger partial charge on any atom is -0.487 e. The summed E-state index contributed by atoms with van der Waals surface area (Å²) in [6.45, 7) is 14.7. The van der Waals surface area contributed by atoms with Gasteiger partial charge in [-0.3, -0.25) is 4.79 Å². The lowest BCUT2D eigenvalue weighted by Gasteiger charge is -2.34. The van der Waals surface area contributed by atoms with Crippen LogP contribution in [0.15, 0.2) is 24.3 Å². The molecule has 0 fully saturated rings. The molecule has 6 nitrogen and oxygen atoms in total. The van der Waals surface area contributed by atoms with Crippen molar-refractivity contribution in [1.82, 2.24) is 4.57 Å². The molecule has 4 rings (SSSR count). The molecule has 0 amide bonds. The Labute approximate surface area is 202 Å². The zero-order chi connectivity index (χ0) is 24.8. The number of rotatable bonds is 6. The quantitative estimate of drug-likeness (QED) is 0.524. The van der Waals surface area contributed by atoms with E-state index in [0.29, 0.717) is 6.54 Å². The monoisotopic (exact) mass is 464 g/mol. The second-order valence-electron chi connectivity index (χ2n) is 10.2. The number of carbonyl (C=O) groups is 1. The van der Waals surface area contributed by atoms with Crippen LogP contribution >= 0.6 is 0 Å². The molecule has 2 aromatic carbocycles. The Bertz CT molecular complexity index is 1250. The molecule has 1 aromatic heterocycles. The van der Waals surface area contributed by atoms with E-state index >= 15 is 0 Å². The fraction of sp³-hybridized carbons (Fsp3) is 0.464. The van der Waals surface area contributed by atoms with Crippen LogP contribution in [0.4, 0.5) is 5.69 Å². The summed E-state index contributed by atoms with van der Waals surface area (Å²) in [5, 5.41) is 10.8. The second-order valence-corrected chi connectivity index (χ2v) is 10.2. The van der Waals surface area contributed by atoms with Crippen LogP contribution in [0.2, 0.25) is 0 Å². The van der Waals surface area contributed by atoms with Crippen molar-refractivity contribution >= 4 is 22.6 Å². The first-order valence-electron chi connectivity index (χ1n) is 11.9. The normalized spacial score (nSPS) is 13.5. The van der Waals surface area contributed by atoms with Crippen LogP contribution in [0.3, 0.4) is 0 Å². The summed E-state index contributed by atoms with van der Waals surface area (Å²) in [6, 6.07) is 8.49. The Kier molecular flexibility index (Phi) is 6.38. The van der Waals surface area contributed by atoms with E-state index in [1.54, 1.807) is 0 Å². The third-order valence-corrected chi connectivity index (χ3v) is 6.56. The molecule has 34 heavy (non-hydrogen) atoms. The lowest BCUT2D eigenvalue weighted by molar-refractivity contribution is -0.139. The first kappa shape index (κ1) is 24.1. The van der Waals surface area contributed by atoms with E-state index in [-0.39, 0.29) is 24.6 Å². The van der Waals surface area contributed by atoms with Gasteiger partial charge >= 0.3 is 5.97 Å². The van der Waals surface area contributed by atoms with Gasteiger partial charge in [-0.1, -0.05) is 12.1 Å². The van der Waals surface area contributed by atoms with Gasteiger partial charge < -0.3 is 24.0 Å². The summed E-state index contributed by atoms with van der Waals surface area (Å²) >= 11 is 0. The van der Waals surface area contributed by atoms with Gasteiger partial charge in [-0.25, -0.2) is 0 Å². The molecule has 0 saturated carbocycles. The summed E-state index contributed by atoms with van der Waals surface area (Å²) in [4.78, 5) is 14.8. The average molecular weight is 465 g/mol. The molecule has 1 N–H and O–H groups in total. The summed E-state index contributed by atoms with van der Waals surface area (Å²) in [7, 11) is 1.43. The Morgan fingerprint density at radius 3 is 2.50 bits per heavy atom. The molecule has 0 radical (unpaired) electrons. The van der Waals surface area contributed by atoms with Gasteiger partial charge in [-0.15, -0.1) is 0 Å². The maximum atomic E-state index is 12.6. The number of carbonyl (C=O) groups excluding carboxylic acids is 1. The topological polar surface area (TPSA) is 63.9 Å². The van der Waals surface area contributed by atoms with Gasteiger partial charge in [0, 0.05) is 36.3 Å². The highest BCUT2D eigenvalue weighted by Crippen LogP contribution is 2.47. The molecule has 0 saturated heterocycles. The Balaban J connectivity index is 2.11. The van der Waals surface area contributed by atoms with Gasteiger partial charge in [0.1, 0.15) is 11.4 Å². The van der Waals surface area contributed by atoms with Gasteiger partial charge in [-0.2, -0.15) is 0 Å². The maximum absolute atomic E-state index is 12.6. The number of ether oxygens (including phenoxy) is 2. The standard InChI is InChI=1S/C28H36N2O4/c1-17-8-9-20(23(14-17)34-28(4,5)6)25-21(16-24(32)33-7)19(3)26-27-22(25)15-18(2)30(27)11-10-29(26)12-13-31/h8-9,14-15,31H,10-13,16H2,1-7H3. The molecular formula is C28H36N2O4. The molecule has 0 aliphatic carbocycles. The van der Waals surface area contributed by atoms with Crippen molar-refractivity contribution in [2.75, 3.05) is 31.7 Å². The third-order valence-electron chi connectivity index (χ3n) is 6.56. The molecule has 182 valence electrons. The van der Waals surface area contributed by atoms with Crippen LogP contribution in [0, 0.1) is 20.8 Å². The average Bonchev–Trinajstić information content (AvgIpc) is 3.09. The summed E-state index contributed by atoms with van der Waals surface area (Å²) in [5.74, 6) is 0.531. The highest BCUT2D eigenvalue weighted by atomic mass is 16.5. The van der Waals surface area contributed by atoms with Crippen LogP contribution in [-0.2, 0) is 22.5 Å². The third kappa shape index (κ3) is 4.27. The maximum Gasteiger partial charge on any atom is 0.310 e. The van der Waals surface area contributed by atoms with E-state index < -0.39 is 0 Å². The predicted octanol–water partition coefficient (Wildman–Crippen LogP) is 4.94. The molecule has 2 heterocycles. The van der Waals surface area contributed by atoms with Gasteiger partial charge in [-0.05, 0) is 75.9 Å². The minimum absolute atomic E-state index is 0.0796. The van der Waals surface area contributed by atoms with Crippen LogP contribution in [0.5, 0.6) is 5.75 Å².